The molecule has 1 unspecified atom stereocenters. The minimum Gasteiger partial charge on any atom is -0.337 e. The van der Waals surface area contributed by atoms with Gasteiger partial charge in [0.25, 0.3) is 0 Å². The number of nitrogens with one attached hydrogen (secondary N) is 1. The number of halogens is 1. The van der Waals surface area contributed by atoms with E-state index in [0.29, 0.717) is 36.6 Å². The van der Waals surface area contributed by atoms with Crippen molar-refractivity contribution in [2.24, 2.45) is 7.05 Å². The van der Waals surface area contributed by atoms with Crippen molar-refractivity contribution in [3.8, 4) is 6.07 Å². The lowest BCUT2D eigenvalue weighted by Gasteiger charge is -2.35. The number of hydrogen-bond donors (Lipinski definition) is 1. The maximum absolute atomic E-state index is 13.2. The SMILES string of the molecule is Cc1cc(C#N)ccc1S(=O)(=O)N1CCNCC1c1nccn1C.Cl. The molecular weight excluding hydrogens is 362 g/mol. The van der Waals surface area contributed by atoms with E-state index in [1.807, 2.05) is 23.9 Å². The second kappa shape index (κ2) is 7.54. The van der Waals surface area contributed by atoms with Crippen LogP contribution in [0.2, 0.25) is 0 Å². The first-order chi connectivity index (χ1) is 11.4. The van der Waals surface area contributed by atoms with Gasteiger partial charge in [-0.2, -0.15) is 9.57 Å². The molecule has 25 heavy (non-hydrogen) atoms. The van der Waals surface area contributed by atoms with Crippen LogP contribution in [-0.2, 0) is 17.1 Å². The minimum atomic E-state index is -3.68. The van der Waals surface area contributed by atoms with E-state index in [4.69, 9.17) is 5.26 Å². The van der Waals surface area contributed by atoms with Crippen LogP contribution in [0.3, 0.4) is 0 Å². The molecule has 0 amide bonds. The Morgan fingerprint density at radius 1 is 1.40 bits per heavy atom. The standard InChI is InChI=1S/C16H19N5O2S.ClH/c1-12-9-13(10-17)3-4-15(12)24(22,23)21-8-5-18-11-14(21)16-19-6-7-20(16)2;/h3-4,6-7,9,14,18H,5,8,11H2,1-2H3;1H. The molecule has 1 fully saturated rings. The maximum atomic E-state index is 13.2. The highest BCUT2D eigenvalue weighted by Gasteiger charge is 2.36. The number of aromatic nitrogens is 2. The Hall–Kier alpha value is -1.92. The van der Waals surface area contributed by atoms with E-state index in [-0.39, 0.29) is 23.3 Å². The van der Waals surface area contributed by atoms with Gasteiger partial charge in [0.1, 0.15) is 5.82 Å². The average Bonchev–Trinajstić information content (AvgIpc) is 3.00. The normalized spacial score (nSPS) is 18.4. The van der Waals surface area contributed by atoms with Crippen LogP contribution in [-0.4, -0.2) is 41.9 Å². The molecule has 2 aromatic rings. The Labute approximate surface area is 153 Å². The highest BCUT2D eigenvalue weighted by atomic mass is 35.5. The molecule has 1 aromatic carbocycles. The first-order valence-corrected chi connectivity index (χ1v) is 9.09. The van der Waals surface area contributed by atoms with Crippen LogP contribution in [0.25, 0.3) is 0 Å². The molecule has 7 nitrogen and oxygen atoms in total. The number of hydrogen-bond acceptors (Lipinski definition) is 5. The van der Waals surface area contributed by atoms with E-state index in [1.54, 1.807) is 19.2 Å². The molecule has 1 atom stereocenters. The number of imidazole rings is 1. The quantitative estimate of drug-likeness (QED) is 0.866. The molecule has 0 radical (unpaired) electrons. The molecule has 1 aromatic heterocycles. The largest absolute Gasteiger partial charge is 0.337 e. The van der Waals surface area contributed by atoms with Crippen LogP contribution in [0, 0.1) is 18.3 Å². The molecule has 0 bridgehead atoms. The summed E-state index contributed by atoms with van der Waals surface area (Å²) in [5, 5.41) is 12.2. The van der Waals surface area contributed by atoms with Crippen LogP contribution >= 0.6 is 12.4 Å². The summed E-state index contributed by atoms with van der Waals surface area (Å²) < 4.78 is 29.7. The van der Waals surface area contributed by atoms with Crippen molar-refractivity contribution >= 4 is 22.4 Å². The van der Waals surface area contributed by atoms with Gasteiger partial charge in [0, 0.05) is 39.1 Å². The second-order valence-corrected chi connectivity index (χ2v) is 7.68. The van der Waals surface area contributed by atoms with Gasteiger partial charge in [-0.25, -0.2) is 13.4 Å². The molecule has 9 heteroatoms. The number of rotatable bonds is 3. The van der Waals surface area contributed by atoms with Gasteiger partial charge in [0.15, 0.2) is 0 Å². The Morgan fingerprint density at radius 3 is 2.76 bits per heavy atom. The van der Waals surface area contributed by atoms with Crippen LogP contribution in [0.5, 0.6) is 0 Å². The molecule has 0 spiro atoms. The van der Waals surface area contributed by atoms with Crippen molar-refractivity contribution in [3.63, 3.8) is 0 Å². The topological polar surface area (TPSA) is 91.0 Å². The summed E-state index contributed by atoms with van der Waals surface area (Å²) in [5.41, 5.74) is 1.03. The van der Waals surface area contributed by atoms with Gasteiger partial charge in [0.05, 0.1) is 22.6 Å². The van der Waals surface area contributed by atoms with Crippen LogP contribution < -0.4 is 5.32 Å². The Morgan fingerprint density at radius 2 is 2.16 bits per heavy atom. The van der Waals surface area contributed by atoms with E-state index in [1.165, 1.54) is 16.4 Å². The van der Waals surface area contributed by atoms with E-state index in [9.17, 15) is 8.42 Å². The first-order valence-electron chi connectivity index (χ1n) is 7.65. The molecule has 134 valence electrons. The van der Waals surface area contributed by atoms with E-state index in [0.717, 1.165) is 0 Å². The Bertz CT molecular complexity index is 903. The number of nitrogens with zero attached hydrogens (tertiary/aromatic N) is 4. The highest BCUT2D eigenvalue weighted by molar-refractivity contribution is 7.89. The van der Waals surface area contributed by atoms with Crippen molar-refractivity contribution < 1.29 is 8.42 Å². The maximum Gasteiger partial charge on any atom is 0.244 e. The summed E-state index contributed by atoms with van der Waals surface area (Å²) in [7, 11) is -1.82. The van der Waals surface area contributed by atoms with Crippen molar-refractivity contribution in [2.45, 2.75) is 17.9 Å². The predicted octanol–water partition coefficient (Wildman–Crippen LogP) is 1.36. The summed E-state index contributed by atoms with van der Waals surface area (Å²) in [6.45, 7) is 3.19. The van der Waals surface area contributed by atoms with Crippen LogP contribution in [0.4, 0.5) is 0 Å². The van der Waals surface area contributed by atoms with Crippen molar-refractivity contribution in [1.82, 2.24) is 19.2 Å². The summed E-state index contributed by atoms with van der Waals surface area (Å²) in [6.07, 6.45) is 3.48. The van der Waals surface area contributed by atoms with Gasteiger partial charge >= 0.3 is 0 Å². The molecule has 1 N–H and O–H groups in total. The number of sulfonamides is 1. The van der Waals surface area contributed by atoms with Gasteiger partial charge in [-0.1, -0.05) is 0 Å². The summed E-state index contributed by atoms with van der Waals surface area (Å²) in [6, 6.07) is 6.33. The molecule has 3 rings (SSSR count). The zero-order chi connectivity index (χ0) is 17.3. The Balaban J connectivity index is 0.00000225. The van der Waals surface area contributed by atoms with Crippen molar-refractivity contribution in [1.29, 1.82) is 5.26 Å². The van der Waals surface area contributed by atoms with Gasteiger partial charge in [-0.15, -0.1) is 12.4 Å². The second-order valence-electron chi connectivity index (χ2n) is 5.82. The van der Waals surface area contributed by atoms with E-state index in [2.05, 4.69) is 10.3 Å². The van der Waals surface area contributed by atoms with E-state index < -0.39 is 10.0 Å². The zero-order valence-electron chi connectivity index (χ0n) is 14.0. The number of piperazine rings is 1. The van der Waals surface area contributed by atoms with Crippen LogP contribution in [0.1, 0.15) is 23.0 Å². The lowest BCUT2D eigenvalue weighted by molar-refractivity contribution is 0.258. The molecule has 2 heterocycles. The van der Waals surface area contributed by atoms with Gasteiger partial charge in [-0.05, 0) is 30.7 Å². The van der Waals surface area contributed by atoms with Gasteiger partial charge < -0.3 is 9.88 Å². The number of aryl methyl sites for hydroxylation is 2. The molecule has 0 aliphatic carbocycles. The van der Waals surface area contributed by atoms with Crippen molar-refractivity contribution in [3.05, 3.63) is 47.5 Å². The smallest absolute Gasteiger partial charge is 0.244 e. The molecular formula is C16H20ClN5O2S. The summed E-state index contributed by atoms with van der Waals surface area (Å²) in [5.74, 6) is 0.706. The van der Waals surface area contributed by atoms with Crippen molar-refractivity contribution in [2.75, 3.05) is 19.6 Å². The average molecular weight is 382 g/mol. The van der Waals surface area contributed by atoms with Gasteiger partial charge in [-0.3, -0.25) is 0 Å². The summed E-state index contributed by atoms with van der Waals surface area (Å²) >= 11 is 0. The minimum absolute atomic E-state index is 0. The first kappa shape index (κ1) is 19.4. The molecule has 0 saturated carbocycles. The fourth-order valence-electron chi connectivity index (χ4n) is 3.03. The number of nitriles is 1. The number of benzene rings is 1. The van der Waals surface area contributed by atoms with E-state index >= 15 is 0 Å². The molecule has 1 aliphatic rings. The summed E-state index contributed by atoms with van der Waals surface area (Å²) in [4.78, 5) is 4.56. The lowest BCUT2D eigenvalue weighted by Crippen LogP contribution is -2.49. The Kier molecular flexibility index (Phi) is 5.85. The van der Waals surface area contributed by atoms with Crippen LogP contribution in [0.15, 0.2) is 35.5 Å². The van der Waals surface area contributed by atoms with Gasteiger partial charge in [0.2, 0.25) is 10.0 Å². The zero-order valence-corrected chi connectivity index (χ0v) is 15.6. The highest BCUT2D eigenvalue weighted by Crippen LogP contribution is 2.29. The fraction of sp³-hybridized carbons (Fsp3) is 0.375. The lowest BCUT2D eigenvalue weighted by atomic mass is 10.2. The predicted molar refractivity (Wildman–Crippen MR) is 95.9 cm³/mol. The third-order valence-corrected chi connectivity index (χ3v) is 6.31. The molecule has 1 aliphatic heterocycles. The third-order valence-electron chi connectivity index (χ3n) is 4.24. The monoisotopic (exact) mass is 381 g/mol. The molecule has 1 saturated heterocycles. The third kappa shape index (κ3) is 3.55. The fourth-order valence-corrected chi connectivity index (χ4v) is 4.82.